The molecule has 0 aromatic rings. The van der Waals surface area contributed by atoms with Crippen LogP contribution in [0.25, 0.3) is 0 Å². The normalized spacial score (nSPS) is 17.3. The van der Waals surface area contributed by atoms with Crippen LogP contribution in [0.15, 0.2) is 23.3 Å². The van der Waals surface area contributed by atoms with E-state index in [2.05, 4.69) is 25.3 Å². The van der Waals surface area contributed by atoms with E-state index in [1.807, 2.05) is 13.8 Å². The summed E-state index contributed by atoms with van der Waals surface area (Å²) in [6.45, 7) is 6.25. The Hall–Kier alpha value is -0.630. The van der Waals surface area contributed by atoms with E-state index in [1.54, 1.807) is 0 Å². The fourth-order valence-corrected chi connectivity index (χ4v) is 3.96. The van der Waals surface area contributed by atoms with Crippen LogP contribution in [0.2, 0.25) is 0 Å². The molecule has 0 aromatic heterocycles. The molecule has 0 bridgehead atoms. The van der Waals surface area contributed by atoms with E-state index in [-0.39, 0.29) is 0 Å². The van der Waals surface area contributed by atoms with Gasteiger partial charge in [-0.15, -0.1) is 0 Å². The van der Waals surface area contributed by atoms with Gasteiger partial charge in [0.25, 0.3) is 0 Å². The van der Waals surface area contributed by atoms with Gasteiger partial charge in [0.1, 0.15) is 0 Å². The summed E-state index contributed by atoms with van der Waals surface area (Å²) in [6.07, 6.45) is 14.8. The number of ketones is 1. The van der Waals surface area contributed by atoms with Crippen LogP contribution in [0.5, 0.6) is 0 Å². The number of unbranched alkanes of at least 4 members (excludes halogenated alkanes) is 5. The molecular formula is C17H29OS+. The summed E-state index contributed by atoms with van der Waals surface area (Å²) < 4.78 is 0. The van der Waals surface area contributed by atoms with Crippen molar-refractivity contribution in [2.45, 2.75) is 59.3 Å². The van der Waals surface area contributed by atoms with Gasteiger partial charge in [-0.3, -0.25) is 4.79 Å². The van der Waals surface area contributed by atoms with E-state index in [4.69, 9.17) is 0 Å². The van der Waals surface area contributed by atoms with Crippen LogP contribution < -0.4 is 0 Å². The second kappa shape index (κ2) is 8.52. The van der Waals surface area contributed by atoms with E-state index in [0.717, 1.165) is 11.1 Å². The van der Waals surface area contributed by atoms with Gasteiger partial charge >= 0.3 is 5.78 Å². The monoisotopic (exact) mass is 281 g/mol. The third-order valence-electron chi connectivity index (χ3n) is 3.67. The van der Waals surface area contributed by atoms with Crippen LogP contribution in [0, 0.1) is 0 Å². The molecule has 1 atom stereocenters. The first-order valence-electron chi connectivity index (χ1n) is 7.49. The van der Waals surface area contributed by atoms with Crippen molar-refractivity contribution in [3.05, 3.63) is 23.3 Å². The molecule has 1 unspecified atom stereocenters. The van der Waals surface area contributed by atoms with E-state index < -0.39 is 0 Å². The molecule has 19 heavy (non-hydrogen) atoms. The molecule has 0 aromatic carbocycles. The number of rotatable bonds is 7. The maximum Gasteiger partial charge on any atom is 0.345 e. The molecule has 1 aliphatic rings. The highest BCUT2D eigenvalue weighted by Gasteiger charge is 2.19. The van der Waals surface area contributed by atoms with Gasteiger partial charge < -0.3 is 0 Å². The Morgan fingerprint density at radius 2 is 1.47 bits per heavy atom. The van der Waals surface area contributed by atoms with Gasteiger partial charge in [-0.2, -0.15) is 10.5 Å². The van der Waals surface area contributed by atoms with Crippen molar-refractivity contribution in [1.29, 1.82) is 0 Å². The highest BCUT2D eigenvalue weighted by Crippen LogP contribution is 2.21. The minimum atomic E-state index is 0.319. The van der Waals surface area contributed by atoms with Crippen LogP contribution in [0.4, 0.5) is 0 Å². The molecule has 0 heterocycles. The van der Waals surface area contributed by atoms with Gasteiger partial charge in [-0.1, -0.05) is 39.0 Å². The number of hydrogen-bond donors (Lipinski definition) is 0. The Balaban J connectivity index is 2.45. The van der Waals surface area contributed by atoms with Crippen molar-refractivity contribution in [2.75, 3.05) is 12.0 Å². The lowest BCUT2D eigenvalue weighted by atomic mass is 9.99. The number of carbonyl (C=O) groups excluding carboxylic acids is 1. The molecule has 2 heteroatoms. The molecule has 0 spiro atoms. The van der Waals surface area contributed by atoms with E-state index in [1.165, 1.54) is 49.1 Å². The summed E-state index contributed by atoms with van der Waals surface area (Å²) in [5.74, 6) is 1.75. The standard InChI is InChI=1S/C17H28OS/c1-5-6-7-8-9-10-11-19(4)16-12-14(2)17(18)15(3)13-16/h12-13H,5-11H2,1-4H3/p+1. The zero-order chi connectivity index (χ0) is 14.3. The largest absolute Gasteiger partial charge is 0.345 e. The Bertz CT molecular complexity index is 389. The number of hydrogen-bond acceptors (Lipinski definition) is 0. The molecular weight excluding hydrogens is 252 g/mol. The molecule has 0 saturated heterocycles. The lowest BCUT2D eigenvalue weighted by molar-refractivity contribution is 0.627. The molecule has 0 amide bonds. The Morgan fingerprint density at radius 1 is 0.947 bits per heavy atom. The van der Waals surface area contributed by atoms with Crippen LogP contribution >= 0.6 is 10.5 Å². The Labute approximate surface area is 121 Å². The van der Waals surface area contributed by atoms with Crippen molar-refractivity contribution in [1.82, 2.24) is 0 Å². The van der Waals surface area contributed by atoms with Gasteiger partial charge in [0.15, 0.2) is 0 Å². The fourth-order valence-electron chi connectivity index (χ4n) is 2.33. The maximum atomic E-state index is 9.81. The van der Waals surface area contributed by atoms with E-state index >= 15 is 0 Å². The molecule has 1 aliphatic carbocycles. The molecule has 0 aliphatic heterocycles. The molecule has 0 radical (unpaired) electrons. The van der Waals surface area contributed by atoms with Gasteiger partial charge in [-0.05, 0) is 49.3 Å². The summed E-state index contributed by atoms with van der Waals surface area (Å²) in [7, 11) is 0.319. The van der Waals surface area contributed by atoms with Gasteiger partial charge in [0.05, 0.1) is 11.1 Å². The minimum Gasteiger partial charge on any atom is -0.273 e. The number of allylic oxidation sites excluding steroid dienone is 4. The van der Waals surface area contributed by atoms with Gasteiger partial charge in [0.2, 0.25) is 0 Å². The smallest absolute Gasteiger partial charge is 0.273 e. The summed E-state index contributed by atoms with van der Waals surface area (Å²) in [5, 5.41) is 0. The average Bonchev–Trinajstić information content (AvgIpc) is 2.39. The molecule has 0 fully saturated rings. The van der Waals surface area contributed by atoms with Crippen molar-refractivity contribution >= 4 is 21.1 Å². The third kappa shape index (κ3) is 5.48. The van der Waals surface area contributed by atoms with Crippen LogP contribution in [0.3, 0.4) is 0 Å². The van der Waals surface area contributed by atoms with Crippen molar-refractivity contribution in [3.63, 3.8) is 0 Å². The van der Waals surface area contributed by atoms with Crippen molar-refractivity contribution < 1.29 is 4.79 Å². The predicted molar refractivity (Wildman–Crippen MR) is 91.2 cm³/mol. The first kappa shape index (κ1) is 16.4. The summed E-state index contributed by atoms with van der Waals surface area (Å²) in [6, 6.07) is 0. The molecule has 1 rings (SSSR count). The van der Waals surface area contributed by atoms with Crippen molar-refractivity contribution in [3.8, 4) is 0 Å². The van der Waals surface area contributed by atoms with Gasteiger partial charge in [-0.25, -0.2) is 0 Å². The van der Waals surface area contributed by atoms with Crippen molar-refractivity contribution in [2.24, 2.45) is 0 Å². The quantitative estimate of drug-likeness (QED) is 0.361. The van der Waals surface area contributed by atoms with Gasteiger partial charge in [0, 0.05) is 0 Å². The highest BCUT2D eigenvalue weighted by atomic mass is 32.2. The second-order valence-electron chi connectivity index (χ2n) is 5.51. The fraction of sp³-hybridized carbons (Fsp3) is 0.647. The highest BCUT2D eigenvalue weighted by molar-refractivity contribution is 8.15. The van der Waals surface area contributed by atoms with E-state index in [9.17, 15) is 4.79 Å². The maximum absolute atomic E-state index is 9.81. The Morgan fingerprint density at radius 3 is 2.05 bits per heavy atom. The predicted octanol–water partition coefficient (Wildman–Crippen LogP) is 4.87. The lowest BCUT2D eigenvalue weighted by Gasteiger charge is -2.11. The van der Waals surface area contributed by atoms with E-state index in [0.29, 0.717) is 16.3 Å². The summed E-state index contributed by atoms with van der Waals surface area (Å²) in [5.41, 5.74) is 2.02. The minimum absolute atomic E-state index is 0.319. The first-order valence-corrected chi connectivity index (χ1v) is 9.29. The first-order chi connectivity index (χ1) is 9.06. The third-order valence-corrected chi connectivity index (χ3v) is 5.61. The second-order valence-corrected chi connectivity index (χ2v) is 7.67. The SMILES string of the molecule is CCCCCCCCS(C)=C1C=C(C)C(=[OH+])C(C)=C1. The Kier molecular flexibility index (Phi) is 7.37. The van der Waals surface area contributed by atoms with Crippen LogP contribution in [0.1, 0.15) is 59.3 Å². The van der Waals surface area contributed by atoms with Crippen LogP contribution in [-0.4, -0.2) is 27.5 Å². The lowest BCUT2D eigenvalue weighted by Crippen LogP contribution is -2.11. The topological polar surface area (TPSA) is 21.4 Å². The zero-order valence-corrected chi connectivity index (χ0v) is 13.8. The zero-order valence-electron chi connectivity index (χ0n) is 13.0. The molecule has 1 nitrogen and oxygen atoms in total. The average molecular weight is 281 g/mol. The summed E-state index contributed by atoms with van der Waals surface area (Å²) >= 11 is 0. The molecule has 108 valence electrons. The van der Waals surface area contributed by atoms with Crippen LogP contribution in [-0.2, 0) is 0 Å². The summed E-state index contributed by atoms with van der Waals surface area (Å²) in [4.78, 5) is 11.2. The molecule has 0 saturated carbocycles. The molecule has 1 N–H and O–H groups in total.